The highest BCUT2D eigenvalue weighted by molar-refractivity contribution is 4.83. The first-order valence-electron chi connectivity index (χ1n) is 4.96. The van der Waals surface area contributed by atoms with E-state index in [4.69, 9.17) is 14.9 Å². The smallest absolute Gasteiger partial charge is 0.0894 e. The first kappa shape index (κ1) is 11.9. The van der Waals surface area contributed by atoms with Gasteiger partial charge in [0.25, 0.3) is 0 Å². The summed E-state index contributed by atoms with van der Waals surface area (Å²) >= 11 is 0. The van der Waals surface area contributed by atoms with Gasteiger partial charge in [-0.15, -0.1) is 0 Å². The lowest BCUT2D eigenvalue weighted by Gasteiger charge is -2.32. The van der Waals surface area contributed by atoms with E-state index in [1.54, 1.807) is 0 Å². The van der Waals surface area contributed by atoms with Crippen LogP contribution in [0.15, 0.2) is 0 Å². The summed E-state index contributed by atoms with van der Waals surface area (Å²) in [7, 11) is 0. The Morgan fingerprint density at radius 1 is 1.36 bits per heavy atom. The van der Waals surface area contributed by atoms with Crippen LogP contribution in [0.25, 0.3) is 0 Å². The highest BCUT2D eigenvalue weighted by Gasteiger charge is 2.29. The number of aliphatic hydroxyl groups is 3. The van der Waals surface area contributed by atoms with Gasteiger partial charge >= 0.3 is 0 Å². The fourth-order valence-corrected chi connectivity index (χ4v) is 1.46. The maximum absolute atomic E-state index is 9.97. The van der Waals surface area contributed by atoms with Crippen molar-refractivity contribution < 1.29 is 20.1 Å². The second kappa shape index (κ2) is 5.63. The lowest BCUT2D eigenvalue weighted by molar-refractivity contribution is -0.0627. The fourth-order valence-electron chi connectivity index (χ4n) is 1.46. The molecule has 14 heavy (non-hydrogen) atoms. The van der Waals surface area contributed by atoms with Crippen molar-refractivity contribution in [3.63, 3.8) is 0 Å². The van der Waals surface area contributed by atoms with Crippen LogP contribution >= 0.6 is 0 Å². The van der Waals surface area contributed by atoms with E-state index >= 15 is 0 Å². The van der Waals surface area contributed by atoms with Gasteiger partial charge in [-0.1, -0.05) is 0 Å². The van der Waals surface area contributed by atoms with Crippen LogP contribution < -0.4 is 5.32 Å². The van der Waals surface area contributed by atoms with Gasteiger partial charge < -0.3 is 25.4 Å². The van der Waals surface area contributed by atoms with Crippen molar-refractivity contribution in [2.45, 2.75) is 24.5 Å². The normalized spacial score (nSPS) is 23.4. The van der Waals surface area contributed by atoms with Gasteiger partial charge in [0, 0.05) is 39.1 Å². The molecule has 1 fully saturated rings. The zero-order chi connectivity index (χ0) is 10.4. The minimum absolute atomic E-state index is 0.255. The summed E-state index contributed by atoms with van der Waals surface area (Å²) in [5, 5.41) is 30.5. The van der Waals surface area contributed by atoms with Crippen LogP contribution in [0.3, 0.4) is 0 Å². The zero-order valence-corrected chi connectivity index (χ0v) is 8.28. The van der Waals surface area contributed by atoms with E-state index < -0.39 is 11.7 Å². The number of hydrogen-bond donors (Lipinski definition) is 4. The molecule has 0 aliphatic carbocycles. The van der Waals surface area contributed by atoms with Gasteiger partial charge in [0.2, 0.25) is 0 Å². The summed E-state index contributed by atoms with van der Waals surface area (Å²) in [4.78, 5) is 0. The topological polar surface area (TPSA) is 82.0 Å². The lowest BCUT2D eigenvalue weighted by atomic mass is 9.94. The maximum atomic E-state index is 9.97. The van der Waals surface area contributed by atoms with E-state index in [9.17, 15) is 5.11 Å². The van der Waals surface area contributed by atoms with Gasteiger partial charge in [-0.05, 0) is 0 Å². The number of aliphatic hydroxyl groups excluding tert-OH is 2. The van der Waals surface area contributed by atoms with Gasteiger partial charge in [-0.2, -0.15) is 0 Å². The monoisotopic (exact) mass is 205 g/mol. The molecule has 1 rings (SSSR count). The van der Waals surface area contributed by atoms with Gasteiger partial charge in [0.15, 0.2) is 0 Å². The van der Waals surface area contributed by atoms with Crippen molar-refractivity contribution in [3.05, 3.63) is 0 Å². The molecule has 84 valence electrons. The second-order valence-electron chi connectivity index (χ2n) is 3.80. The van der Waals surface area contributed by atoms with Gasteiger partial charge in [-0.3, -0.25) is 0 Å². The van der Waals surface area contributed by atoms with Crippen LogP contribution in [0.1, 0.15) is 12.8 Å². The van der Waals surface area contributed by atoms with E-state index in [0.29, 0.717) is 39.1 Å². The molecule has 5 nitrogen and oxygen atoms in total. The van der Waals surface area contributed by atoms with Crippen molar-refractivity contribution in [2.24, 2.45) is 0 Å². The second-order valence-corrected chi connectivity index (χ2v) is 3.80. The number of ether oxygens (including phenoxy) is 1. The summed E-state index contributed by atoms with van der Waals surface area (Å²) in [5.74, 6) is 0. The Balaban J connectivity index is 2.15. The highest BCUT2D eigenvalue weighted by atomic mass is 16.5. The third-order valence-electron chi connectivity index (χ3n) is 2.47. The van der Waals surface area contributed by atoms with Gasteiger partial charge in [0.1, 0.15) is 0 Å². The molecule has 0 spiro atoms. The average molecular weight is 205 g/mol. The van der Waals surface area contributed by atoms with Crippen LogP contribution in [0.5, 0.6) is 0 Å². The van der Waals surface area contributed by atoms with Crippen LogP contribution in [0, 0.1) is 0 Å². The summed E-state index contributed by atoms with van der Waals surface area (Å²) in [6, 6.07) is 0. The molecule has 0 radical (unpaired) electrons. The standard InChI is InChI=1S/C9H19NO4/c11-6-8(12)5-10-7-9(13)1-3-14-4-2-9/h8,10-13H,1-7H2. The van der Waals surface area contributed by atoms with Gasteiger partial charge in [-0.25, -0.2) is 0 Å². The molecule has 0 saturated carbocycles. The van der Waals surface area contributed by atoms with Crippen molar-refractivity contribution in [1.82, 2.24) is 5.32 Å². The molecule has 1 atom stereocenters. The Labute approximate surface area is 83.7 Å². The van der Waals surface area contributed by atoms with Crippen LogP contribution in [0.2, 0.25) is 0 Å². The highest BCUT2D eigenvalue weighted by Crippen LogP contribution is 2.18. The van der Waals surface area contributed by atoms with Crippen molar-refractivity contribution >= 4 is 0 Å². The van der Waals surface area contributed by atoms with E-state index in [0.717, 1.165) is 0 Å². The average Bonchev–Trinajstić information content (AvgIpc) is 2.18. The molecular weight excluding hydrogens is 186 g/mol. The van der Waals surface area contributed by atoms with Crippen LogP contribution in [0.4, 0.5) is 0 Å². The molecule has 0 amide bonds. The Hall–Kier alpha value is -0.200. The quantitative estimate of drug-likeness (QED) is 0.438. The SMILES string of the molecule is OCC(O)CNCC1(O)CCOCC1. The van der Waals surface area contributed by atoms with Crippen LogP contribution in [-0.4, -0.2) is 59.9 Å². The molecule has 1 heterocycles. The summed E-state index contributed by atoms with van der Waals surface area (Å²) in [5.41, 5.74) is -0.715. The largest absolute Gasteiger partial charge is 0.394 e. The van der Waals surface area contributed by atoms with E-state index in [2.05, 4.69) is 5.32 Å². The Morgan fingerprint density at radius 3 is 2.57 bits per heavy atom. The Kier molecular flexibility index (Phi) is 4.77. The molecule has 0 aromatic heterocycles. The zero-order valence-electron chi connectivity index (χ0n) is 8.28. The lowest BCUT2D eigenvalue weighted by Crippen LogP contribution is -2.46. The summed E-state index contributed by atoms with van der Waals surface area (Å²) < 4.78 is 5.14. The molecule has 4 N–H and O–H groups in total. The maximum Gasteiger partial charge on any atom is 0.0894 e. The predicted molar refractivity (Wildman–Crippen MR) is 51.0 cm³/mol. The van der Waals surface area contributed by atoms with E-state index in [-0.39, 0.29) is 6.61 Å². The number of nitrogens with one attached hydrogen (secondary N) is 1. The third kappa shape index (κ3) is 3.89. The van der Waals surface area contributed by atoms with Crippen molar-refractivity contribution in [2.75, 3.05) is 32.9 Å². The van der Waals surface area contributed by atoms with E-state index in [1.165, 1.54) is 0 Å². The van der Waals surface area contributed by atoms with Crippen molar-refractivity contribution in [1.29, 1.82) is 0 Å². The molecule has 5 heteroatoms. The Bertz CT molecular complexity index is 159. The van der Waals surface area contributed by atoms with Crippen molar-refractivity contribution in [3.8, 4) is 0 Å². The Morgan fingerprint density at radius 2 is 2.00 bits per heavy atom. The molecule has 1 aliphatic heterocycles. The third-order valence-corrected chi connectivity index (χ3v) is 2.47. The molecule has 1 unspecified atom stereocenters. The first-order chi connectivity index (χ1) is 6.66. The summed E-state index contributed by atoms with van der Waals surface area (Å²) in [6.45, 7) is 1.66. The number of rotatable bonds is 5. The summed E-state index contributed by atoms with van der Waals surface area (Å²) in [6.07, 6.45) is 0.489. The minimum atomic E-state index is -0.751. The molecule has 1 saturated heterocycles. The fraction of sp³-hybridized carbons (Fsp3) is 1.00. The molecule has 0 aromatic rings. The molecule has 1 aliphatic rings. The molecule has 0 aromatic carbocycles. The minimum Gasteiger partial charge on any atom is -0.394 e. The first-order valence-corrected chi connectivity index (χ1v) is 4.96. The van der Waals surface area contributed by atoms with Gasteiger partial charge in [0.05, 0.1) is 18.3 Å². The number of hydrogen-bond acceptors (Lipinski definition) is 5. The molecule has 0 bridgehead atoms. The van der Waals surface area contributed by atoms with E-state index in [1.807, 2.05) is 0 Å². The predicted octanol–water partition coefficient (Wildman–Crippen LogP) is -1.53. The molecular formula is C9H19NO4. The van der Waals surface area contributed by atoms with Crippen LogP contribution in [-0.2, 0) is 4.74 Å².